The van der Waals surface area contributed by atoms with Crippen LogP contribution in [0, 0.1) is 0 Å². The molecule has 9 nitrogen and oxygen atoms in total. The van der Waals surface area contributed by atoms with Crippen LogP contribution in [0.4, 0.5) is 4.79 Å². The lowest BCUT2D eigenvalue weighted by atomic mass is 9.96. The van der Waals surface area contributed by atoms with Crippen LogP contribution in [0.1, 0.15) is 6.92 Å². The van der Waals surface area contributed by atoms with Crippen molar-refractivity contribution >= 4 is 23.8 Å². The minimum Gasteiger partial charge on any atom is -0.480 e. The molecule has 4 amide bonds. The lowest BCUT2D eigenvalue weighted by molar-refractivity contribution is -0.173. The maximum absolute atomic E-state index is 11.9. The van der Waals surface area contributed by atoms with Gasteiger partial charge < -0.3 is 20.1 Å². The van der Waals surface area contributed by atoms with Crippen LogP contribution in [-0.2, 0) is 19.1 Å². The van der Waals surface area contributed by atoms with E-state index in [1.807, 2.05) is 0 Å². The van der Waals surface area contributed by atoms with Crippen molar-refractivity contribution in [1.29, 1.82) is 0 Å². The molecule has 0 bridgehead atoms. The van der Waals surface area contributed by atoms with Crippen LogP contribution < -0.4 is 5.32 Å². The Bertz CT molecular complexity index is 455. The summed E-state index contributed by atoms with van der Waals surface area (Å²) < 4.78 is 5.17. The number of likely N-dealkylation sites (tertiary alicyclic amines) is 1. The van der Waals surface area contributed by atoms with Crippen molar-refractivity contribution in [1.82, 2.24) is 15.1 Å². The van der Waals surface area contributed by atoms with E-state index in [-0.39, 0.29) is 32.1 Å². The van der Waals surface area contributed by atoms with Crippen molar-refractivity contribution in [3.05, 3.63) is 0 Å². The lowest BCUT2D eigenvalue weighted by Crippen LogP contribution is -2.64. The molecule has 0 atom stereocenters. The van der Waals surface area contributed by atoms with Gasteiger partial charge in [0, 0.05) is 0 Å². The fourth-order valence-corrected chi connectivity index (χ4v) is 2.12. The smallest absolute Gasteiger partial charge is 0.329 e. The number of hydrogen-bond acceptors (Lipinski definition) is 5. The first-order valence-electron chi connectivity index (χ1n) is 6.02. The van der Waals surface area contributed by atoms with Gasteiger partial charge in [-0.3, -0.25) is 14.5 Å². The number of aliphatic carboxylic acids is 1. The molecule has 0 aromatic rings. The quantitative estimate of drug-likeness (QED) is 0.578. The monoisotopic (exact) mass is 285 g/mol. The van der Waals surface area contributed by atoms with Gasteiger partial charge in [0.1, 0.15) is 18.8 Å². The number of nitrogens with one attached hydrogen (secondary N) is 1. The van der Waals surface area contributed by atoms with Gasteiger partial charge in [0.15, 0.2) is 0 Å². The topological polar surface area (TPSA) is 116 Å². The zero-order valence-electron chi connectivity index (χ0n) is 10.9. The molecular weight excluding hydrogens is 270 g/mol. The Hall–Kier alpha value is -2.16. The second kappa shape index (κ2) is 5.08. The lowest BCUT2D eigenvalue weighted by Gasteiger charge is -2.47. The predicted octanol–water partition coefficient (Wildman–Crippen LogP) is -1.76. The summed E-state index contributed by atoms with van der Waals surface area (Å²) in [5.41, 5.74) is -0.689. The first-order valence-corrected chi connectivity index (χ1v) is 6.02. The summed E-state index contributed by atoms with van der Waals surface area (Å²) in [5, 5.41) is 10.9. The zero-order chi connectivity index (χ0) is 14.9. The molecule has 9 heteroatoms. The van der Waals surface area contributed by atoms with Crippen molar-refractivity contribution < 1.29 is 29.0 Å². The minimum atomic E-state index is -1.07. The highest BCUT2D eigenvalue weighted by atomic mass is 16.5. The number of carboxylic acids is 1. The average molecular weight is 285 g/mol. The maximum Gasteiger partial charge on any atom is 0.329 e. The van der Waals surface area contributed by atoms with Crippen LogP contribution in [0.3, 0.4) is 0 Å². The number of hydrogen-bond donors (Lipinski definition) is 2. The summed E-state index contributed by atoms with van der Waals surface area (Å²) in [6.07, 6.45) is 0. The van der Waals surface area contributed by atoms with E-state index in [1.165, 1.54) is 4.90 Å². The molecule has 2 fully saturated rings. The SMILES string of the molecule is CC1(OCC(=O)O)CN(C(=O)CN2C(=O)CNC2=O)C1. The van der Waals surface area contributed by atoms with Gasteiger partial charge in [-0.15, -0.1) is 0 Å². The highest BCUT2D eigenvalue weighted by Gasteiger charge is 2.44. The van der Waals surface area contributed by atoms with Crippen molar-refractivity contribution in [3.63, 3.8) is 0 Å². The fraction of sp³-hybridized carbons (Fsp3) is 0.636. The zero-order valence-corrected chi connectivity index (χ0v) is 10.9. The van der Waals surface area contributed by atoms with Crippen LogP contribution in [0.25, 0.3) is 0 Å². The summed E-state index contributed by atoms with van der Waals surface area (Å²) in [5.74, 6) is -1.88. The number of carbonyl (C=O) groups is 4. The van der Waals surface area contributed by atoms with Crippen LogP contribution >= 0.6 is 0 Å². The Morgan fingerprint density at radius 3 is 2.55 bits per heavy atom. The number of urea groups is 1. The second-order valence-electron chi connectivity index (χ2n) is 5.02. The molecule has 0 spiro atoms. The molecule has 2 heterocycles. The Labute approximate surface area is 114 Å². The summed E-state index contributed by atoms with van der Waals surface area (Å²) >= 11 is 0. The van der Waals surface area contributed by atoms with Crippen molar-refractivity contribution in [2.75, 3.05) is 32.8 Å². The Morgan fingerprint density at radius 2 is 2.05 bits per heavy atom. The van der Waals surface area contributed by atoms with Gasteiger partial charge in [-0.1, -0.05) is 0 Å². The first kappa shape index (κ1) is 14.3. The third kappa shape index (κ3) is 2.87. The number of imide groups is 1. The van der Waals surface area contributed by atoms with E-state index >= 15 is 0 Å². The fourth-order valence-electron chi connectivity index (χ4n) is 2.12. The van der Waals surface area contributed by atoms with Crippen LogP contribution in [0.2, 0.25) is 0 Å². The minimum absolute atomic E-state index is 0.0917. The first-order chi connectivity index (χ1) is 9.31. The van der Waals surface area contributed by atoms with E-state index in [0.717, 1.165) is 4.90 Å². The molecule has 0 radical (unpaired) electrons. The highest BCUT2D eigenvalue weighted by molar-refractivity contribution is 6.04. The Balaban J connectivity index is 1.80. The van der Waals surface area contributed by atoms with E-state index in [2.05, 4.69) is 5.32 Å². The molecule has 20 heavy (non-hydrogen) atoms. The molecule has 2 aliphatic heterocycles. The Kier molecular flexibility index (Phi) is 3.62. The van der Waals surface area contributed by atoms with Gasteiger partial charge in [0.05, 0.1) is 19.6 Å². The van der Waals surface area contributed by atoms with Gasteiger partial charge >= 0.3 is 12.0 Å². The van der Waals surface area contributed by atoms with Crippen molar-refractivity contribution in [3.8, 4) is 0 Å². The molecule has 0 unspecified atom stereocenters. The standard InChI is InChI=1S/C11H15N3O6/c1-11(20-4-9(17)18)5-13(6-11)8(16)3-14-7(15)2-12-10(14)19/h2-6H2,1H3,(H,12,19)(H,17,18). The van der Waals surface area contributed by atoms with Crippen LogP contribution in [0.15, 0.2) is 0 Å². The van der Waals surface area contributed by atoms with Crippen LogP contribution in [-0.4, -0.2) is 77.1 Å². The third-order valence-corrected chi connectivity index (χ3v) is 3.18. The molecule has 2 aliphatic rings. The molecular formula is C11H15N3O6. The number of nitrogens with zero attached hydrogens (tertiary/aromatic N) is 2. The maximum atomic E-state index is 11.9. The normalized spacial score (nSPS) is 20.6. The van der Waals surface area contributed by atoms with Gasteiger partial charge in [-0.25, -0.2) is 9.59 Å². The van der Waals surface area contributed by atoms with Crippen molar-refractivity contribution in [2.24, 2.45) is 0 Å². The van der Waals surface area contributed by atoms with Crippen LogP contribution in [0.5, 0.6) is 0 Å². The van der Waals surface area contributed by atoms with Gasteiger partial charge in [-0.05, 0) is 6.92 Å². The molecule has 0 saturated carbocycles. The van der Waals surface area contributed by atoms with E-state index in [1.54, 1.807) is 6.92 Å². The second-order valence-corrected chi connectivity index (χ2v) is 5.02. The molecule has 2 saturated heterocycles. The molecule has 0 aliphatic carbocycles. The van der Waals surface area contributed by atoms with E-state index in [4.69, 9.17) is 9.84 Å². The van der Waals surface area contributed by atoms with Gasteiger partial charge in [0.2, 0.25) is 5.91 Å². The summed E-state index contributed by atoms with van der Waals surface area (Å²) in [7, 11) is 0. The summed E-state index contributed by atoms with van der Waals surface area (Å²) in [6, 6.07) is -0.575. The predicted molar refractivity (Wildman–Crippen MR) is 63.7 cm³/mol. The third-order valence-electron chi connectivity index (χ3n) is 3.18. The summed E-state index contributed by atoms with van der Waals surface area (Å²) in [6.45, 7) is 1.36. The number of amides is 4. The van der Waals surface area contributed by atoms with E-state index in [0.29, 0.717) is 0 Å². The average Bonchev–Trinajstić information content (AvgIpc) is 2.64. The van der Waals surface area contributed by atoms with Crippen molar-refractivity contribution in [2.45, 2.75) is 12.5 Å². The molecule has 0 aromatic carbocycles. The molecule has 2 rings (SSSR count). The molecule has 2 N–H and O–H groups in total. The Morgan fingerprint density at radius 1 is 1.40 bits per heavy atom. The van der Waals surface area contributed by atoms with Gasteiger partial charge in [0.25, 0.3) is 5.91 Å². The number of carboxylic acid groups (broad SMARTS) is 1. The number of ether oxygens (including phenoxy) is 1. The number of carbonyl (C=O) groups excluding carboxylic acids is 3. The van der Waals surface area contributed by atoms with E-state index < -0.39 is 30.1 Å². The number of rotatable bonds is 5. The highest BCUT2D eigenvalue weighted by Crippen LogP contribution is 2.24. The van der Waals surface area contributed by atoms with E-state index in [9.17, 15) is 19.2 Å². The molecule has 0 aromatic heterocycles. The van der Waals surface area contributed by atoms with Gasteiger partial charge in [-0.2, -0.15) is 0 Å². The summed E-state index contributed by atoms with van der Waals surface area (Å²) in [4.78, 5) is 47.2. The molecule has 110 valence electrons. The largest absolute Gasteiger partial charge is 0.480 e.